The molecule has 0 saturated heterocycles. The average molecular weight is 322 g/mol. The second-order valence-electron chi connectivity index (χ2n) is 5.43. The van der Waals surface area contributed by atoms with Crippen LogP contribution < -0.4 is 4.74 Å². The summed E-state index contributed by atoms with van der Waals surface area (Å²) in [5.74, 6) is 0.217. The number of para-hydroxylation sites is 1. The smallest absolute Gasteiger partial charge is 0.354 e. The lowest BCUT2D eigenvalue weighted by atomic mass is 10.1. The number of rotatable bonds is 5. The molecule has 0 unspecified atom stereocenters. The van der Waals surface area contributed by atoms with E-state index < -0.39 is 5.97 Å². The van der Waals surface area contributed by atoms with Gasteiger partial charge in [-0.25, -0.2) is 9.78 Å². The quantitative estimate of drug-likeness (QED) is 0.774. The first-order valence-corrected chi connectivity index (χ1v) is 7.62. The first kappa shape index (κ1) is 15.8. The van der Waals surface area contributed by atoms with Gasteiger partial charge in [0, 0.05) is 0 Å². The fraction of sp³-hybridized carbons (Fsp3) is 0.158. The maximum absolute atomic E-state index is 11.7. The summed E-state index contributed by atoms with van der Waals surface area (Å²) in [7, 11) is 1.59. The minimum Gasteiger partial charge on any atom is -0.496 e. The summed E-state index contributed by atoms with van der Waals surface area (Å²) in [4.78, 5) is 16.0. The van der Waals surface area contributed by atoms with Crippen molar-refractivity contribution in [3.05, 3.63) is 72.1 Å². The van der Waals surface area contributed by atoms with Crippen LogP contribution in [-0.4, -0.2) is 27.7 Å². The molecular weight excluding hydrogens is 304 g/mol. The molecule has 1 N–H and O–H groups in total. The van der Waals surface area contributed by atoms with E-state index in [-0.39, 0.29) is 11.7 Å². The second-order valence-corrected chi connectivity index (χ2v) is 5.43. The third-order valence-corrected chi connectivity index (χ3v) is 4.03. The summed E-state index contributed by atoms with van der Waals surface area (Å²) in [5, 5.41) is 9.56. The maximum atomic E-state index is 11.7. The Morgan fingerprint density at radius 1 is 1.12 bits per heavy atom. The summed E-state index contributed by atoms with van der Waals surface area (Å²) in [5.41, 5.74) is 1.91. The highest BCUT2D eigenvalue weighted by molar-refractivity contribution is 5.87. The molecule has 0 bridgehead atoms. The van der Waals surface area contributed by atoms with E-state index in [1.807, 2.05) is 61.5 Å². The molecular formula is C19H18N2O3. The highest BCUT2D eigenvalue weighted by atomic mass is 16.5. The number of imidazole rings is 1. The van der Waals surface area contributed by atoms with Crippen molar-refractivity contribution in [3.8, 4) is 17.1 Å². The van der Waals surface area contributed by atoms with Gasteiger partial charge in [-0.05, 0) is 24.6 Å². The number of methoxy groups -OCH3 is 1. The third kappa shape index (κ3) is 2.76. The lowest BCUT2D eigenvalue weighted by molar-refractivity contribution is 0.0684. The van der Waals surface area contributed by atoms with Gasteiger partial charge in [-0.1, -0.05) is 42.5 Å². The van der Waals surface area contributed by atoms with Crippen LogP contribution in [0.25, 0.3) is 11.4 Å². The monoisotopic (exact) mass is 322 g/mol. The van der Waals surface area contributed by atoms with E-state index in [9.17, 15) is 9.90 Å². The lowest BCUT2D eigenvalue weighted by Crippen LogP contribution is -2.15. The second kappa shape index (κ2) is 6.58. The lowest BCUT2D eigenvalue weighted by Gasteiger charge is -2.19. The molecule has 1 aromatic heterocycles. The zero-order valence-electron chi connectivity index (χ0n) is 13.5. The summed E-state index contributed by atoms with van der Waals surface area (Å²) in [6.45, 7) is 1.96. The molecule has 0 fully saturated rings. The van der Waals surface area contributed by atoms with Gasteiger partial charge in [0.1, 0.15) is 17.3 Å². The molecule has 1 heterocycles. The Bertz CT molecular complexity index is 856. The molecule has 0 amide bonds. The van der Waals surface area contributed by atoms with Gasteiger partial charge < -0.3 is 14.4 Å². The topological polar surface area (TPSA) is 64.3 Å². The number of nitrogens with zero attached hydrogens (tertiary/aromatic N) is 2. The summed E-state index contributed by atoms with van der Waals surface area (Å²) < 4.78 is 7.14. The molecule has 0 aliphatic carbocycles. The highest BCUT2D eigenvalue weighted by Gasteiger charge is 2.23. The van der Waals surface area contributed by atoms with E-state index in [2.05, 4.69) is 4.98 Å². The Hall–Kier alpha value is -3.08. The predicted octanol–water partition coefficient (Wildman–Crippen LogP) is 3.87. The van der Waals surface area contributed by atoms with Crippen LogP contribution in [0.3, 0.4) is 0 Å². The van der Waals surface area contributed by atoms with Gasteiger partial charge in [-0.2, -0.15) is 0 Å². The zero-order chi connectivity index (χ0) is 17.1. The van der Waals surface area contributed by atoms with Crippen molar-refractivity contribution < 1.29 is 14.6 Å². The Morgan fingerprint density at radius 2 is 1.79 bits per heavy atom. The van der Waals surface area contributed by atoms with Crippen molar-refractivity contribution in [3.63, 3.8) is 0 Å². The SMILES string of the molecule is COc1ccccc1-c1ncc(C(=O)O)n1[C@H](C)c1ccccc1. The van der Waals surface area contributed by atoms with Crippen molar-refractivity contribution >= 4 is 5.97 Å². The van der Waals surface area contributed by atoms with Gasteiger partial charge in [0.15, 0.2) is 0 Å². The Morgan fingerprint density at radius 3 is 2.46 bits per heavy atom. The standard InChI is InChI=1S/C19H18N2O3/c1-13(14-8-4-3-5-9-14)21-16(19(22)23)12-20-18(21)15-10-6-7-11-17(15)24-2/h3-13H,1-2H3,(H,22,23)/t13-/m1/s1. The number of ether oxygens (including phenoxy) is 1. The van der Waals surface area contributed by atoms with Gasteiger partial charge >= 0.3 is 5.97 Å². The van der Waals surface area contributed by atoms with Crippen LogP contribution in [0.2, 0.25) is 0 Å². The number of hydrogen-bond donors (Lipinski definition) is 1. The van der Waals surface area contributed by atoms with E-state index in [0.717, 1.165) is 11.1 Å². The van der Waals surface area contributed by atoms with Crippen LogP contribution >= 0.6 is 0 Å². The maximum Gasteiger partial charge on any atom is 0.354 e. The molecule has 0 saturated carbocycles. The van der Waals surface area contributed by atoms with Crippen molar-refractivity contribution in [1.29, 1.82) is 0 Å². The Labute approximate surface area is 140 Å². The molecule has 0 aliphatic rings. The molecule has 122 valence electrons. The minimum atomic E-state index is -1.01. The van der Waals surface area contributed by atoms with Crippen molar-refractivity contribution in [1.82, 2.24) is 9.55 Å². The van der Waals surface area contributed by atoms with Crippen LogP contribution in [0.15, 0.2) is 60.8 Å². The minimum absolute atomic E-state index is 0.146. The van der Waals surface area contributed by atoms with E-state index in [1.54, 1.807) is 11.7 Å². The van der Waals surface area contributed by atoms with Gasteiger partial charge in [0.05, 0.1) is 24.9 Å². The summed E-state index contributed by atoms with van der Waals surface area (Å²) in [6, 6.07) is 17.0. The number of aromatic nitrogens is 2. The van der Waals surface area contributed by atoms with Crippen LogP contribution in [0, 0.1) is 0 Å². The van der Waals surface area contributed by atoms with E-state index in [1.165, 1.54) is 6.20 Å². The van der Waals surface area contributed by atoms with Crippen LogP contribution in [0.5, 0.6) is 5.75 Å². The molecule has 0 aliphatic heterocycles. The predicted molar refractivity (Wildman–Crippen MR) is 91.4 cm³/mol. The molecule has 3 aromatic rings. The molecule has 2 aromatic carbocycles. The number of aromatic carboxylic acids is 1. The summed E-state index contributed by atoms with van der Waals surface area (Å²) in [6.07, 6.45) is 1.39. The molecule has 5 heteroatoms. The number of hydrogen-bond acceptors (Lipinski definition) is 3. The van der Waals surface area contributed by atoms with E-state index in [4.69, 9.17) is 4.74 Å². The number of benzene rings is 2. The zero-order valence-corrected chi connectivity index (χ0v) is 13.5. The fourth-order valence-electron chi connectivity index (χ4n) is 2.82. The number of carbonyl (C=O) groups is 1. The molecule has 0 spiro atoms. The normalized spacial score (nSPS) is 11.9. The Kier molecular flexibility index (Phi) is 4.33. The van der Waals surface area contributed by atoms with Crippen molar-refractivity contribution in [2.75, 3.05) is 7.11 Å². The molecule has 3 rings (SSSR count). The molecule has 0 radical (unpaired) electrons. The molecule has 1 atom stereocenters. The number of carboxylic acid groups (broad SMARTS) is 1. The third-order valence-electron chi connectivity index (χ3n) is 4.03. The van der Waals surface area contributed by atoms with Gasteiger partial charge in [-0.15, -0.1) is 0 Å². The molecule has 24 heavy (non-hydrogen) atoms. The first-order valence-electron chi connectivity index (χ1n) is 7.62. The number of carboxylic acids is 1. The van der Waals surface area contributed by atoms with Crippen molar-refractivity contribution in [2.45, 2.75) is 13.0 Å². The fourth-order valence-corrected chi connectivity index (χ4v) is 2.82. The van der Waals surface area contributed by atoms with Crippen LogP contribution in [0.4, 0.5) is 0 Å². The highest BCUT2D eigenvalue weighted by Crippen LogP contribution is 2.33. The first-order chi connectivity index (χ1) is 11.6. The Balaban J connectivity index is 2.20. The average Bonchev–Trinajstić information content (AvgIpc) is 3.06. The largest absolute Gasteiger partial charge is 0.496 e. The van der Waals surface area contributed by atoms with Gasteiger partial charge in [-0.3, -0.25) is 0 Å². The van der Waals surface area contributed by atoms with Gasteiger partial charge in [0.2, 0.25) is 0 Å². The van der Waals surface area contributed by atoms with Crippen molar-refractivity contribution in [2.24, 2.45) is 0 Å². The summed E-state index contributed by atoms with van der Waals surface area (Å²) >= 11 is 0. The van der Waals surface area contributed by atoms with Gasteiger partial charge in [0.25, 0.3) is 0 Å². The molecule has 5 nitrogen and oxygen atoms in total. The van der Waals surface area contributed by atoms with Crippen LogP contribution in [-0.2, 0) is 0 Å². The van der Waals surface area contributed by atoms with Crippen LogP contribution in [0.1, 0.15) is 29.0 Å². The van der Waals surface area contributed by atoms with E-state index in [0.29, 0.717) is 11.6 Å². The van der Waals surface area contributed by atoms with E-state index >= 15 is 0 Å².